The van der Waals surface area contributed by atoms with Gasteiger partial charge in [-0.05, 0) is 78.1 Å². The van der Waals surface area contributed by atoms with E-state index in [1.54, 1.807) is 20.3 Å². The zero-order chi connectivity index (χ0) is 30.1. The minimum Gasteiger partial charge on any atom is -0.493 e. The van der Waals surface area contributed by atoms with Crippen LogP contribution in [0.2, 0.25) is 0 Å². The van der Waals surface area contributed by atoms with E-state index in [2.05, 4.69) is 0 Å². The maximum atomic E-state index is 14.6. The SMILES string of the molecule is CCOc1ccc2ccccc2c1C(=O)N1CCc2cc(OC)c(OC)cc2C1COc1ccc2c(C)cc(=O)oc2c1. The van der Waals surface area contributed by atoms with Crippen molar-refractivity contribution in [3.05, 3.63) is 105 Å². The van der Waals surface area contributed by atoms with Gasteiger partial charge in [0.1, 0.15) is 23.7 Å². The molecule has 1 aliphatic rings. The van der Waals surface area contributed by atoms with Crippen LogP contribution in [0.4, 0.5) is 0 Å². The highest BCUT2D eigenvalue weighted by atomic mass is 16.5. The fourth-order valence-corrected chi connectivity index (χ4v) is 5.91. The van der Waals surface area contributed by atoms with Crippen molar-refractivity contribution in [2.45, 2.75) is 26.3 Å². The highest BCUT2D eigenvalue weighted by molar-refractivity contribution is 6.09. The lowest BCUT2D eigenvalue weighted by atomic mass is 9.91. The molecule has 4 aromatic carbocycles. The van der Waals surface area contributed by atoms with E-state index in [1.165, 1.54) is 6.07 Å². The van der Waals surface area contributed by atoms with Gasteiger partial charge in [-0.2, -0.15) is 0 Å². The summed E-state index contributed by atoms with van der Waals surface area (Å²) in [6.45, 7) is 4.83. The Morgan fingerprint density at radius 2 is 1.70 bits per heavy atom. The highest BCUT2D eigenvalue weighted by Crippen LogP contribution is 2.40. The number of aryl methyl sites for hydroxylation is 1. The molecule has 1 aromatic heterocycles. The molecule has 0 N–H and O–H groups in total. The van der Waals surface area contributed by atoms with Crippen LogP contribution in [-0.4, -0.2) is 44.8 Å². The number of methoxy groups -OCH3 is 2. The molecule has 8 heteroatoms. The largest absolute Gasteiger partial charge is 0.493 e. The molecular weight excluding hydrogens is 546 g/mol. The lowest BCUT2D eigenvalue weighted by Crippen LogP contribution is -2.42. The van der Waals surface area contributed by atoms with E-state index in [0.717, 1.165) is 32.8 Å². The molecule has 1 atom stereocenters. The normalized spacial score (nSPS) is 14.4. The molecule has 6 rings (SSSR count). The second kappa shape index (κ2) is 11.7. The van der Waals surface area contributed by atoms with E-state index in [-0.39, 0.29) is 12.5 Å². The van der Waals surface area contributed by atoms with Crippen LogP contribution in [0.3, 0.4) is 0 Å². The first kappa shape index (κ1) is 28.2. The van der Waals surface area contributed by atoms with Gasteiger partial charge in [-0.25, -0.2) is 4.79 Å². The van der Waals surface area contributed by atoms with Crippen LogP contribution in [0.1, 0.15) is 40.0 Å². The van der Waals surface area contributed by atoms with E-state index in [4.69, 9.17) is 23.4 Å². The quantitative estimate of drug-likeness (QED) is 0.194. The molecule has 1 aliphatic heterocycles. The van der Waals surface area contributed by atoms with Crippen LogP contribution >= 0.6 is 0 Å². The van der Waals surface area contributed by atoms with Crippen LogP contribution in [0, 0.1) is 6.92 Å². The number of benzene rings is 4. The molecule has 2 heterocycles. The van der Waals surface area contributed by atoms with Gasteiger partial charge in [0.15, 0.2) is 11.5 Å². The third-order valence-electron chi connectivity index (χ3n) is 8.00. The summed E-state index contributed by atoms with van der Waals surface area (Å²) in [6.07, 6.45) is 0.632. The Morgan fingerprint density at radius 1 is 0.907 bits per heavy atom. The first-order valence-electron chi connectivity index (χ1n) is 14.3. The minimum atomic E-state index is -0.454. The monoisotopic (exact) mass is 579 g/mol. The summed E-state index contributed by atoms with van der Waals surface area (Å²) in [7, 11) is 3.20. The third-order valence-corrected chi connectivity index (χ3v) is 8.00. The van der Waals surface area contributed by atoms with Crippen LogP contribution in [0.15, 0.2) is 82.0 Å². The molecule has 0 saturated carbocycles. The lowest BCUT2D eigenvalue weighted by Gasteiger charge is -2.38. The summed E-state index contributed by atoms with van der Waals surface area (Å²) >= 11 is 0. The molecule has 0 saturated heterocycles. The first-order chi connectivity index (χ1) is 20.9. The van der Waals surface area contributed by atoms with Crippen LogP contribution in [-0.2, 0) is 6.42 Å². The fraction of sp³-hybridized carbons (Fsp3) is 0.257. The van der Waals surface area contributed by atoms with E-state index in [9.17, 15) is 9.59 Å². The van der Waals surface area contributed by atoms with Gasteiger partial charge in [0.05, 0.1) is 32.4 Å². The van der Waals surface area contributed by atoms with E-state index < -0.39 is 11.7 Å². The van der Waals surface area contributed by atoms with Gasteiger partial charge in [-0.3, -0.25) is 4.79 Å². The molecule has 8 nitrogen and oxygen atoms in total. The Morgan fingerprint density at radius 3 is 2.49 bits per heavy atom. The van der Waals surface area contributed by atoms with Crippen molar-refractivity contribution in [3.8, 4) is 23.0 Å². The maximum absolute atomic E-state index is 14.6. The number of ether oxygens (including phenoxy) is 4. The molecule has 0 bridgehead atoms. The van der Waals surface area contributed by atoms with Gasteiger partial charge in [0.25, 0.3) is 5.91 Å². The Kier molecular flexibility index (Phi) is 7.67. The predicted octanol–water partition coefficient (Wildman–Crippen LogP) is 6.49. The summed E-state index contributed by atoms with van der Waals surface area (Å²) in [5.74, 6) is 2.14. The van der Waals surface area contributed by atoms with Crippen LogP contribution in [0.25, 0.3) is 21.7 Å². The molecule has 5 aromatic rings. The fourth-order valence-electron chi connectivity index (χ4n) is 5.91. The molecule has 1 unspecified atom stereocenters. The van der Waals surface area contributed by atoms with Gasteiger partial charge in [-0.15, -0.1) is 0 Å². The van der Waals surface area contributed by atoms with Crippen molar-refractivity contribution < 1.29 is 28.2 Å². The maximum Gasteiger partial charge on any atom is 0.336 e. The third kappa shape index (κ3) is 5.25. The van der Waals surface area contributed by atoms with Crippen molar-refractivity contribution in [1.29, 1.82) is 0 Å². The zero-order valence-corrected chi connectivity index (χ0v) is 24.6. The van der Waals surface area contributed by atoms with Gasteiger partial charge >= 0.3 is 5.63 Å². The number of rotatable bonds is 8. The van der Waals surface area contributed by atoms with Crippen LogP contribution in [0.5, 0.6) is 23.0 Å². The summed E-state index contributed by atoms with van der Waals surface area (Å²) < 4.78 is 29.0. The van der Waals surface area contributed by atoms with Crippen molar-refractivity contribution in [2.75, 3.05) is 34.0 Å². The number of hydrogen-bond donors (Lipinski definition) is 0. The average molecular weight is 580 g/mol. The Hall–Kier alpha value is -4.98. The second-order valence-electron chi connectivity index (χ2n) is 10.5. The summed E-state index contributed by atoms with van der Waals surface area (Å²) in [6, 6.07) is 22.0. The lowest BCUT2D eigenvalue weighted by molar-refractivity contribution is 0.0587. The summed E-state index contributed by atoms with van der Waals surface area (Å²) in [5, 5.41) is 2.62. The standard InChI is InChI=1S/C35H33NO7/c1-5-41-29-13-10-22-8-6-7-9-26(22)34(29)35(38)36-15-14-23-17-31(39-3)32(40-4)19-27(23)28(36)20-42-24-11-12-25-21(2)16-33(37)43-30(25)18-24/h6-13,16-19,28H,5,14-15,20H2,1-4H3. The van der Waals surface area contributed by atoms with Crippen molar-refractivity contribution >= 4 is 27.6 Å². The Bertz CT molecular complexity index is 1890. The summed E-state index contributed by atoms with van der Waals surface area (Å²) in [4.78, 5) is 28.4. The second-order valence-corrected chi connectivity index (χ2v) is 10.5. The topological polar surface area (TPSA) is 87.4 Å². The number of carbonyl (C=O) groups excluding carboxylic acids is 1. The smallest absolute Gasteiger partial charge is 0.336 e. The first-order valence-corrected chi connectivity index (χ1v) is 14.3. The van der Waals surface area contributed by atoms with Crippen molar-refractivity contribution in [1.82, 2.24) is 4.90 Å². The Labute approximate surface area is 249 Å². The predicted molar refractivity (Wildman–Crippen MR) is 165 cm³/mol. The highest BCUT2D eigenvalue weighted by Gasteiger charge is 2.35. The molecule has 0 spiro atoms. The average Bonchev–Trinajstić information content (AvgIpc) is 3.02. The van der Waals surface area contributed by atoms with Crippen molar-refractivity contribution in [2.24, 2.45) is 0 Å². The zero-order valence-electron chi connectivity index (χ0n) is 24.6. The van der Waals surface area contributed by atoms with Gasteiger partial charge in [-0.1, -0.05) is 30.3 Å². The number of fused-ring (bicyclic) bond motifs is 3. The van der Waals surface area contributed by atoms with Gasteiger partial charge in [0, 0.05) is 24.1 Å². The van der Waals surface area contributed by atoms with Crippen LogP contribution < -0.4 is 24.6 Å². The molecule has 0 aliphatic carbocycles. The van der Waals surface area contributed by atoms with E-state index in [0.29, 0.717) is 53.7 Å². The Balaban J connectivity index is 1.43. The van der Waals surface area contributed by atoms with E-state index >= 15 is 0 Å². The molecule has 0 radical (unpaired) electrons. The van der Waals surface area contributed by atoms with E-state index in [1.807, 2.05) is 79.4 Å². The number of nitrogens with zero attached hydrogens (tertiary/aromatic N) is 1. The number of carbonyl (C=O) groups is 1. The summed E-state index contributed by atoms with van der Waals surface area (Å²) in [5.41, 5.74) is 3.36. The molecular formula is C35H33NO7. The van der Waals surface area contributed by atoms with Crippen molar-refractivity contribution in [3.63, 3.8) is 0 Å². The molecule has 1 amide bonds. The minimum absolute atomic E-state index is 0.144. The number of hydrogen-bond acceptors (Lipinski definition) is 7. The molecule has 43 heavy (non-hydrogen) atoms. The van der Waals surface area contributed by atoms with Gasteiger partial charge < -0.3 is 28.3 Å². The number of amides is 1. The van der Waals surface area contributed by atoms with Gasteiger partial charge in [0.2, 0.25) is 0 Å². The molecule has 220 valence electrons. The molecule has 0 fully saturated rings.